The highest BCUT2D eigenvalue weighted by Gasteiger charge is 2.15. The molecule has 0 saturated carbocycles. The molecule has 1 heterocycles. The Morgan fingerprint density at radius 2 is 2.47 bits per heavy atom. The van der Waals surface area contributed by atoms with E-state index < -0.39 is 5.92 Å². The van der Waals surface area contributed by atoms with E-state index in [2.05, 4.69) is 10.3 Å². The Morgan fingerprint density at radius 1 is 1.80 bits per heavy atom. The Labute approximate surface area is 97.9 Å². The first-order chi connectivity index (χ1) is 7.00. The van der Waals surface area contributed by atoms with Crippen molar-refractivity contribution in [1.29, 1.82) is 0 Å². The number of thiazole rings is 1. The van der Waals surface area contributed by atoms with Gasteiger partial charge in [0.25, 0.3) is 0 Å². The molecule has 0 spiro atoms. The van der Waals surface area contributed by atoms with Crippen LogP contribution in [0.2, 0.25) is 0 Å². The lowest BCUT2D eigenvalue weighted by Crippen LogP contribution is -2.35. The summed E-state index contributed by atoms with van der Waals surface area (Å²) in [6.45, 7) is 4.09. The Morgan fingerprint density at radius 3 is 2.93 bits per heavy atom. The Bertz CT molecular complexity index is 375. The fourth-order valence-corrected chi connectivity index (χ4v) is 1.76. The van der Waals surface area contributed by atoms with Crippen LogP contribution in [0, 0.1) is 12.8 Å². The van der Waals surface area contributed by atoms with Gasteiger partial charge in [-0.2, -0.15) is 0 Å². The van der Waals surface area contributed by atoms with Gasteiger partial charge in [0, 0.05) is 11.1 Å². The summed E-state index contributed by atoms with van der Waals surface area (Å²) in [5, 5.41) is 3.62. The molecule has 1 aromatic heterocycles. The van der Waals surface area contributed by atoms with Crippen molar-refractivity contribution in [2.45, 2.75) is 20.4 Å². The van der Waals surface area contributed by atoms with Crippen LogP contribution in [0.5, 0.6) is 0 Å². The highest BCUT2D eigenvalue weighted by atomic mass is 32.1. The van der Waals surface area contributed by atoms with Crippen LogP contribution in [0.1, 0.15) is 16.8 Å². The van der Waals surface area contributed by atoms with Crippen molar-refractivity contribution in [2.75, 3.05) is 0 Å². The van der Waals surface area contributed by atoms with E-state index in [1.54, 1.807) is 24.5 Å². The Hall–Kier alpha value is -1.01. The molecule has 0 saturated heterocycles. The van der Waals surface area contributed by atoms with Crippen LogP contribution in [0.25, 0.3) is 0 Å². The van der Waals surface area contributed by atoms with Gasteiger partial charge < -0.3 is 11.1 Å². The van der Waals surface area contributed by atoms with Gasteiger partial charge in [0.1, 0.15) is 5.01 Å². The molecular weight excluding hydrogens is 230 g/mol. The normalized spacial score (nSPS) is 12.1. The molecule has 1 unspecified atom stereocenters. The third-order valence-corrected chi connectivity index (χ3v) is 3.17. The summed E-state index contributed by atoms with van der Waals surface area (Å²) in [5.41, 5.74) is 5.37. The predicted octanol–water partition coefficient (Wildman–Crippen LogP) is 0.990. The number of rotatable bonds is 4. The summed E-state index contributed by atoms with van der Waals surface area (Å²) in [6.07, 6.45) is 1.78. The van der Waals surface area contributed by atoms with E-state index in [0.29, 0.717) is 6.54 Å². The molecule has 0 aliphatic heterocycles. The van der Waals surface area contributed by atoms with Crippen molar-refractivity contribution >= 4 is 34.5 Å². The molecule has 15 heavy (non-hydrogen) atoms. The van der Waals surface area contributed by atoms with Crippen LogP contribution in [0.15, 0.2) is 6.20 Å². The second-order valence-electron chi connectivity index (χ2n) is 3.21. The Balaban J connectivity index is 2.44. The third kappa shape index (κ3) is 3.56. The van der Waals surface area contributed by atoms with Gasteiger partial charge in [-0.1, -0.05) is 12.2 Å². The standard InChI is InChI=1S/C9H13N3OS2/c1-5-3-11-7(15-5)4-12-9(13)6(2)8(10)14/h3,6H,4H2,1-2H3,(H2,10,14)(H,12,13). The number of nitrogens with one attached hydrogen (secondary N) is 1. The number of aromatic nitrogens is 1. The van der Waals surface area contributed by atoms with E-state index in [4.69, 9.17) is 18.0 Å². The molecule has 0 aromatic carbocycles. The zero-order valence-electron chi connectivity index (χ0n) is 8.61. The summed E-state index contributed by atoms with van der Waals surface area (Å²) in [6, 6.07) is 0. The van der Waals surface area contributed by atoms with Gasteiger partial charge in [0.2, 0.25) is 5.91 Å². The minimum absolute atomic E-state index is 0.157. The van der Waals surface area contributed by atoms with E-state index in [-0.39, 0.29) is 10.9 Å². The van der Waals surface area contributed by atoms with Crippen LogP contribution >= 0.6 is 23.6 Å². The molecule has 1 atom stereocenters. The molecule has 0 radical (unpaired) electrons. The molecule has 4 nitrogen and oxygen atoms in total. The molecule has 0 bridgehead atoms. The van der Waals surface area contributed by atoms with Crippen LogP contribution in [0.3, 0.4) is 0 Å². The van der Waals surface area contributed by atoms with Gasteiger partial charge >= 0.3 is 0 Å². The maximum atomic E-state index is 11.5. The smallest absolute Gasteiger partial charge is 0.229 e. The predicted molar refractivity (Wildman–Crippen MR) is 64.6 cm³/mol. The summed E-state index contributed by atoms with van der Waals surface area (Å²) >= 11 is 6.29. The molecule has 82 valence electrons. The van der Waals surface area contributed by atoms with Crippen molar-refractivity contribution in [3.63, 3.8) is 0 Å². The average Bonchev–Trinajstić information content (AvgIpc) is 2.59. The second kappa shape index (κ2) is 5.18. The quantitative estimate of drug-likeness (QED) is 0.774. The summed E-state index contributed by atoms with van der Waals surface area (Å²) in [4.78, 5) is 16.9. The molecule has 6 heteroatoms. The van der Waals surface area contributed by atoms with Crippen LogP contribution in [-0.4, -0.2) is 15.9 Å². The minimum atomic E-state index is -0.430. The third-order valence-electron chi connectivity index (χ3n) is 1.90. The van der Waals surface area contributed by atoms with Crippen molar-refractivity contribution in [2.24, 2.45) is 11.7 Å². The number of hydrogen-bond donors (Lipinski definition) is 2. The number of hydrogen-bond acceptors (Lipinski definition) is 4. The number of amides is 1. The largest absolute Gasteiger partial charge is 0.393 e. The monoisotopic (exact) mass is 243 g/mol. The van der Waals surface area contributed by atoms with Gasteiger partial charge in [-0.25, -0.2) is 4.98 Å². The molecular formula is C9H13N3OS2. The highest BCUT2D eigenvalue weighted by Crippen LogP contribution is 2.10. The van der Waals surface area contributed by atoms with Gasteiger partial charge in [0.15, 0.2) is 0 Å². The van der Waals surface area contributed by atoms with E-state index >= 15 is 0 Å². The summed E-state index contributed by atoms with van der Waals surface area (Å²) < 4.78 is 0. The molecule has 0 aliphatic carbocycles. The van der Waals surface area contributed by atoms with Gasteiger partial charge in [-0.05, 0) is 13.8 Å². The number of nitrogens with two attached hydrogens (primary N) is 1. The van der Waals surface area contributed by atoms with E-state index in [9.17, 15) is 4.79 Å². The number of carbonyl (C=O) groups excluding carboxylic acids is 1. The average molecular weight is 243 g/mol. The SMILES string of the molecule is Cc1cnc(CNC(=O)C(C)C(N)=S)s1. The van der Waals surface area contributed by atoms with Crippen molar-refractivity contribution in [3.05, 3.63) is 16.1 Å². The lowest BCUT2D eigenvalue weighted by atomic mass is 10.2. The second-order valence-corrected chi connectivity index (χ2v) is 5.00. The first-order valence-electron chi connectivity index (χ1n) is 4.49. The maximum Gasteiger partial charge on any atom is 0.229 e. The van der Waals surface area contributed by atoms with Gasteiger partial charge in [0.05, 0.1) is 17.5 Å². The zero-order valence-corrected chi connectivity index (χ0v) is 10.2. The first kappa shape index (κ1) is 12.1. The van der Waals surface area contributed by atoms with E-state index in [1.807, 2.05) is 6.92 Å². The minimum Gasteiger partial charge on any atom is -0.393 e. The van der Waals surface area contributed by atoms with Crippen LogP contribution in [0.4, 0.5) is 0 Å². The van der Waals surface area contributed by atoms with Crippen LogP contribution < -0.4 is 11.1 Å². The van der Waals surface area contributed by atoms with Crippen molar-refractivity contribution in [1.82, 2.24) is 10.3 Å². The van der Waals surface area contributed by atoms with Crippen molar-refractivity contribution in [3.8, 4) is 0 Å². The van der Waals surface area contributed by atoms with Gasteiger partial charge in [-0.15, -0.1) is 11.3 Å². The molecule has 1 amide bonds. The topological polar surface area (TPSA) is 68.0 Å². The molecule has 1 rings (SSSR count). The van der Waals surface area contributed by atoms with E-state index in [0.717, 1.165) is 9.88 Å². The van der Waals surface area contributed by atoms with Crippen molar-refractivity contribution < 1.29 is 4.79 Å². The highest BCUT2D eigenvalue weighted by molar-refractivity contribution is 7.80. The summed E-state index contributed by atoms with van der Waals surface area (Å²) in [5.74, 6) is -0.587. The fraction of sp³-hybridized carbons (Fsp3) is 0.444. The zero-order chi connectivity index (χ0) is 11.4. The van der Waals surface area contributed by atoms with Gasteiger partial charge in [-0.3, -0.25) is 4.79 Å². The number of nitrogens with zero attached hydrogens (tertiary/aromatic N) is 1. The number of thiocarbonyl (C=S) groups is 1. The fourth-order valence-electron chi connectivity index (χ4n) is 0.928. The molecule has 3 N–H and O–H groups in total. The van der Waals surface area contributed by atoms with E-state index in [1.165, 1.54) is 0 Å². The maximum absolute atomic E-state index is 11.5. The number of carbonyl (C=O) groups is 1. The lowest BCUT2D eigenvalue weighted by Gasteiger charge is -2.08. The molecule has 0 fully saturated rings. The first-order valence-corrected chi connectivity index (χ1v) is 5.71. The lowest BCUT2D eigenvalue weighted by molar-refractivity contribution is -0.122. The molecule has 0 aliphatic rings. The number of aryl methyl sites for hydroxylation is 1. The van der Waals surface area contributed by atoms with Crippen LogP contribution in [-0.2, 0) is 11.3 Å². The Kier molecular flexibility index (Phi) is 4.16. The molecule has 1 aromatic rings. The summed E-state index contributed by atoms with van der Waals surface area (Å²) in [7, 11) is 0.